The summed E-state index contributed by atoms with van der Waals surface area (Å²) in [6.07, 6.45) is 3.32. The Morgan fingerprint density at radius 2 is 1.97 bits per heavy atom. The van der Waals surface area contributed by atoms with Crippen LogP contribution in [-0.2, 0) is 4.79 Å². The molecule has 1 aliphatic heterocycles. The fourth-order valence-corrected chi connectivity index (χ4v) is 5.56. The van der Waals surface area contributed by atoms with Crippen LogP contribution in [0.2, 0.25) is 0 Å². The highest BCUT2D eigenvalue weighted by molar-refractivity contribution is 8.00. The van der Waals surface area contributed by atoms with Gasteiger partial charge in [-0.15, -0.1) is 0 Å². The van der Waals surface area contributed by atoms with Gasteiger partial charge in [0.15, 0.2) is 5.65 Å². The molecule has 6 heteroatoms. The van der Waals surface area contributed by atoms with Crippen molar-refractivity contribution in [1.29, 1.82) is 5.26 Å². The lowest BCUT2D eigenvalue weighted by molar-refractivity contribution is -0.136. The summed E-state index contributed by atoms with van der Waals surface area (Å²) >= 11 is 1.55. The second-order valence-electron chi connectivity index (χ2n) is 8.05. The Hall–Kier alpha value is -2.52. The monoisotopic (exact) mass is 406 g/mol. The average Bonchev–Trinajstić information content (AvgIpc) is 3.07. The van der Waals surface area contributed by atoms with Gasteiger partial charge in [0.25, 0.3) is 0 Å². The highest BCUT2D eigenvalue weighted by Crippen LogP contribution is 2.33. The quantitative estimate of drug-likeness (QED) is 0.578. The first-order valence-corrected chi connectivity index (χ1v) is 11.1. The second kappa shape index (κ2) is 7.72. The number of imidazole rings is 1. The van der Waals surface area contributed by atoms with Gasteiger partial charge in [-0.1, -0.05) is 23.9 Å². The van der Waals surface area contributed by atoms with Crippen molar-refractivity contribution in [3.63, 3.8) is 0 Å². The Labute approximate surface area is 175 Å². The largest absolute Gasteiger partial charge is 0.336 e. The van der Waals surface area contributed by atoms with Crippen molar-refractivity contribution >= 4 is 34.3 Å². The van der Waals surface area contributed by atoms with E-state index >= 15 is 0 Å². The molecule has 0 unspecified atom stereocenters. The minimum absolute atomic E-state index is 0.189. The summed E-state index contributed by atoms with van der Waals surface area (Å²) in [5.74, 6) is 0.189. The van der Waals surface area contributed by atoms with E-state index in [4.69, 9.17) is 4.98 Å². The van der Waals surface area contributed by atoms with Gasteiger partial charge in [0.2, 0.25) is 5.91 Å². The Balaban J connectivity index is 1.76. The van der Waals surface area contributed by atoms with Crippen LogP contribution in [0.4, 0.5) is 0 Å². The summed E-state index contributed by atoms with van der Waals surface area (Å²) in [4.78, 5) is 20.1. The van der Waals surface area contributed by atoms with E-state index in [1.54, 1.807) is 11.8 Å². The molecule has 2 aromatic heterocycles. The smallest absolute Gasteiger partial charge is 0.236 e. The van der Waals surface area contributed by atoms with E-state index in [1.165, 1.54) is 6.42 Å². The first-order chi connectivity index (χ1) is 13.9. The van der Waals surface area contributed by atoms with Crippen LogP contribution in [0, 0.1) is 18.3 Å². The minimum Gasteiger partial charge on any atom is -0.336 e. The maximum Gasteiger partial charge on any atom is 0.236 e. The van der Waals surface area contributed by atoms with Gasteiger partial charge in [-0.05, 0) is 70.7 Å². The third-order valence-electron chi connectivity index (χ3n) is 5.94. The number of nitriles is 1. The molecule has 0 spiro atoms. The number of aryl methyl sites for hydroxylation is 1. The summed E-state index contributed by atoms with van der Waals surface area (Å²) < 4.78 is 2.03. The molecule has 0 N–H and O–H groups in total. The number of aromatic nitrogens is 2. The van der Waals surface area contributed by atoms with Crippen LogP contribution in [0.25, 0.3) is 16.7 Å². The molecule has 1 fully saturated rings. The van der Waals surface area contributed by atoms with Crippen molar-refractivity contribution in [2.45, 2.75) is 69.3 Å². The molecular formula is C23H26N4OS. The molecule has 1 aromatic carbocycles. The predicted molar refractivity (Wildman–Crippen MR) is 117 cm³/mol. The van der Waals surface area contributed by atoms with Crippen LogP contribution in [0.15, 0.2) is 35.4 Å². The third-order valence-corrected chi connectivity index (χ3v) is 7.04. The van der Waals surface area contributed by atoms with Gasteiger partial charge in [0.1, 0.15) is 6.07 Å². The standard InChI is InChI=1S/C23H26N4OS/c1-14-12-21(29-17(4)23(28)26-15(2)8-7-9-16(26)3)27-20-11-6-5-10-19(20)25-22(27)18(14)13-24/h5-6,10-12,15-17H,7-9H2,1-4H3/t15-,16-,17-/m0/s1. The average molecular weight is 407 g/mol. The number of thioether (sulfide) groups is 1. The van der Waals surface area contributed by atoms with Crippen LogP contribution < -0.4 is 0 Å². The molecule has 0 bridgehead atoms. The molecule has 4 rings (SSSR count). The minimum atomic E-state index is -0.213. The fourth-order valence-electron chi connectivity index (χ4n) is 4.44. The van der Waals surface area contributed by atoms with Crippen LogP contribution in [-0.4, -0.2) is 37.5 Å². The van der Waals surface area contributed by atoms with Gasteiger partial charge in [-0.3, -0.25) is 9.20 Å². The molecule has 3 aromatic rings. The highest BCUT2D eigenvalue weighted by Gasteiger charge is 2.32. The van der Waals surface area contributed by atoms with E-state index in [-0.39, 0.29) is 23.2 Å². The van der Waals surface area contributed by atoms with Gasteiger partial charge in [0.05, 0.1) is 26.9 Å². The number of amides is 1. The lowest BCUT2D eigenvalue weighted by Crippen LogP contribution is -2.50. The van der Waals surface area contributed by atoms with E-state index < -0.39 is 0 Å². The zero-order valence-electron chi connectivity index (χ0n) is 17.3. The molecule has 1 amide bonds. The lowest BCUT2D eigenvalue weighted by atomic mass is 9.97. The van der Waals surface area contributed by atoms with Crippen molar-refractivity contribution in [3.8, 4) is 6.07 Å². The number of carbonyl (C=O) groups excluding carboxylic acids is 1. The molecule has 0 aliphatic carbocycles. The number of hydrogen-bond donors (Lipinski definition) is 0. The molecule has 29 heavy (non-hydrogen) atoms. The van der Waals surface area contributed by atoms with Crippen LogP contribution in [0.5, 0.6) is 0 Å². The van der Waals surface area contributed by atoms with E-state index in [0.717, 1.165) is 34.5 Å². The number of rotatable bonds is 3. The van der Waals surface area contributed by atoms with E-state index in [1.807, 2.05) is 48.6 Å². The van der Waals surface area contributed by atoms with Crippen LogP contribution in [0.3, 0.4) is 0 Å². The number of para-hydroxylation sites is 2. The Morgan fingerprint density at radius 3 is 2.66 bits per heavy atom. The molecule has 1 aliphatic rings. The molecule has 0 radical (unpaired) electrons. The number of piperidine rings is 1. The second-order valence-corrected chi connectivity index (χ2v) is 9.41. The number of benzene rings is 1. The van der Waals surface area contributed by atoms with Gasteiger partial charge in [0, 0.05) is 12.1 Å². The van der Waals surface area contributed by atoms with Gasteiger partial charge >= 0.3 is 0 Å². The van der Waals surface area contributed by atoms with E-state index in [0.29, 0.717) is 11.2 Å². The molecule has 3 heterocycles. The molecule has 5 nitrogen and oxygen atoms in total. The topological polar surface area (TPSA) is 61.4 Å². The summed E-state index contributed by atoms with van der Waals surface area (Å²) in [7, 11) is 0. The molecule has 3 atom stereocenters. The zero-order valence-corrected chi connectivity index (χ0v) is 18.2. The van der Waals surface area contributed by atoms with Gasteiger partial charge in [-0.2, -0.15) is 5.26 Å². The van der Waals surface area contributed by atoms with Crippen molar-refractivity contribution in [2.24, 2.45) is 0 Å². The van der Waals surface area contributed by atoms with Crippen molar-refractivity contribution in [3.05, 3.63) is 41.5 Å². The zero-order chi connectivity index (χ0) is 20.7. The summed E-state index contributed by atoms with van der Waals surface area (Å²) in [6, 6.07) is 12.8. The summed E-state index contributed by atoms with van der Waals surface area (Å²) in [5.41, 5.74) is 3.95. The number of pyridine rings is 1. The van der Waals surface area contributed by atoms with Crippen molar-refractivity contribution in [2.75, 3.05) is 0 Å². The number of hydrogen-bond acceptors (Lipinski definition) is 4. The number of likely N-dealkylation sites (tertiary alicyclic amines) is 1. The number of nitrogens with zero attached hydrogens (tertiary/aromatic N) is 4. The molecular weight excluding hydrogens is 380 g/mol. The van der Waals surface area contributed by atoms with Gasteiger partial charge < -0.3 is 4.90 Å². The molecule has 1 saturated heterocycles. The Kier molecular flexibility index (Phi) is 5.26. The van der Waals surface area contributed by atoms with Crippen molar-refractivity contribution < 1.29 is 4.79 Å². The first-order valence-electron chi connectivity index (χ1n) is 10.2. The Morgan fingerprint density at radius 1 is 1.28 bits per heavy atom. The number of carbonyl (C=O) groups is 1. The number of fused-ring (bicyclic) bond motifs is 3. The normalized spacial score (nSPS) is 20.7. The predicted octanol–water partition coefficient (Wildman–Crippen LogP) is 4.94. The van der Waals surface area contributed by atoms with Crippen LogP contribution in [0.1, 0.15) is 51.2 Å². The molecule has 0 saturated carbocycles. The SMILES string of the molecule is Cc1cc(S[C@@H](C)C(=O)N2[C@@H](C)CCC[C@@H]2C)n2c(nc3ccccc32)c1C#N. The van der Waals surface area contributed by atoms with E-state index in [9.17, 15) is 10.1 Å². The maximum absolute atomic E-state index is 13.3. The fraction of sp³-hybridized carbons (Fsp3) is 0.435. The van der Waals surface area contributed by atoms with Gasteiger partial charge in [-0.25, -0.2) is 4.98 Å². The first kappa shape index (κ1) is 19.8. The molecule has 150 valence electrons. The maximum atomic E-state index is 13.3. The lowest BCUT2D eigenvalue weighted by Gasteiger charge is -2.40. The third kappa shape index (κ3) is 3.38. The summed E-state index contributed by atoms with van der Waals surface area (Å²) in [5, 5.41) is 10.4. The van der Waals surface area contributed by atoms with Crippen molar-refractivity contribution in [1.82, 2.24) is 14.3 Å². The Bertz CT molecular complexity index is 1120. The highest BCUT2D eigenvalue weighted by atomic mass is 32.2. The van der Waals surface area contributed by atoms with E-state index in [2.05, 4.69) is 24.8 Å². The summed E-state index contributed by atoms with van der Waals surface area (Å²) in [6.45, 7) is 8.22. The van der Waals surface area contributed by atoms with Crippen LogP contribution >= 0.6 is 11.8 Å².